The van der Waals surface area contributed by atoms with E-state index in [-0.39, 0.29) is 6.15 Å². The average molecular weight is 360 g/mol. The number of hydrogen-bond donors (Lipinski definition) is 4. The van der Waals surface area contributed by atoms with Gasteiger partial charge in [0.15, 0.2) is 0 Å². The summed E-state index contributed by atoms with van der Waals surface area (Å²) in [4.78, 5) is 8.15. The molecule has 2 heterocycles. The zero-order chi connectivity index (χ0) is 15.0. The van der Waals surface area contributed by atoms with E-state index in [9.17, 15) is 0 Å². The first-order chi connectivity index (χ1) is 9.99. The van der Waals surface area contributed by atoms with Crippen LogP contribution in [-0.2, 0) is 5.79 Å². The van der Waals surface area contributed by atoms with E-state index >= 15 is 0 Å². The van der Waals surface area contributed by atoms with Gasteiger partial charge in [-0.05, 0) is 18.2 Å². The van der Waals surface area contributed by atoms with E-state index in [1.807, 2.05) is 0 Å². The summed E-state index contributed by atoms with van der Waals surface area (Å²) in [6.07, 6.45) is 4.65. The molecule has 1 aliphatic rings. The number of hydrazine groups is 1. The molecule has 1 aliphatic heterocycles. The molecule has 7 N–H and O–H groups in total. The first-order valence-electron chi connectivity index (χ1n) is 5.95. The van der Waals surface area contributed by atoms with E-state index in [1.54, 1.807) is 30.6 Å². The molecule has 9 heteroatoms. The summed E-state index contributed by atoms with van der Waals surface area (Å²) in [5.74, 6) is -1.10. The second-order valence-corrected chi connectivity index (χ2v) is 5.75. The van der Waals surface area contributed by atoms with Gasteiger partial charge in [-0.1, -0.05) is 34.8 Å². The van der Waals surface area contributed by atoms with Crippen LogP contribution in [-0.4, -0.2) is 11.3 Å². The van der Waals surface area contributed by atoms with Gasteiger partial charge in [-0.25, -0.2) is 4.99 Å². The molecule has 1 aromatic carbocycles. The SMILES string of the molecule is N.NC1(c2cc(Cl)c(-c3cncc(Cl)c3)c(Cl)c2)N=CNN1. The number of benzene rings is 1. The van der Waals surface area contributed by atoms with Crippen LogP contribution in [0.1, 0.15) is 5.56 Å². The Balaban J connectivity index is 0.00000176. The Morgan fingerprint density at radius 1 is 1.05 bits per heavy atom. The number of nitrogens with zero attached hydrogens (tertiary/aromatic N) is 2. The first kappa shape index (κ1) is 17.0. The maximum Gasteiger partial charge on any atom is 0.206 e. The third-order valence-electron chi connectivity index (χ3n) is 3.07. The van der Waals surface area contributed by atoms with Crippen molar-refractivity contribution in [1.29, 1.82) is 0 Å². The highest BCUT2D eigenvalue weighted by molar-refractivity contribution is 6.39. The van der Waals surface area contributed by atoms with Crippen molar-refractivity contribution in [3.05, 3.63) is 51.2 Å². The van der Waals surface area contributed by atoms with Crippen LogP contribution < -0.4 is 22.7 Å². The quantitative estimate of drug-likeness (QED) is 0.658. The fourth-order valence-corrected chi connectivity index (χ4v) is 2.95. The van der Waals surface area contributed by atoms with Crippen LogP contribution in [0.2, 0.25) is 15.1 Å². The van der Waals surface area contributed by atoms with Crippen molar-refractivity contribution in [1.82, 2.24) is 22.0 Å². The second kappa shape index (κ2) is 6.37. The van der Waals surface area contributed by atoms with Crippen LogP contribution in [0.3, 0.4) is 0 Å². The molecule has 0 fully saturated rings. The van der Waals surface area contributed by atoms with E-state index in [1.165, 1.54) is 6.34 Å². The summed E-state index contributed by atoms with van der Waals surface area (Å²) >= 11 is 18.7. The lowest BCUT2D eigenvalue weighted by molar-refractivity contribution is 0.375. The van der Waals surface area contributed by atoms with Gasteiger partial charge in [-0.2, -0.15) is 5.43 Å². The Morgan fingerprint density at radius 2 is 1.73 bits per heavy atom. The molecular weight excluding hydrogens is 347 g/mol. The summed E-state index contributed by atoms with van der Waals surface area (Å²) in [6.45, 7) is 0. The molecule has 0 bridgehead atoms. The maximum atomic E-state index is 6.35. The number of pyridine rings is 1. The van der Waals surface area contributed by atoms with Gasteiger partial charge in [0.2, 0.25) is 5.79 Å². The average Bonchev–Trinajstić information content (AvgIpc) is 2.86. The molecule has 116 valence electrons. The summed E-state index contributed by atoms with van der Waals surface area (Å²) in [5, 5.41) is 1.39. The van der Waals surface area contributed by atoms with Gasteiger partial charge in [0.1, 0.15) is 6.34 Å². The van der Waals surface area contributed by atoms with E-state index in [2.05, 4.69) is 20.8 Å². The highest BCUT2D eigenvalue weighted by Gasteiger charge is 2.30. The summed E-state index contributed by atoms with van der Waals surface area (Å²) in [7, 11) is 0. The van der Waals surface area contributed by atoms with Crippen molar-refractivity contribution in [2.24, 2.45) is 10.7 Å². The third-order valence-corrected chi connectivity index (χ3v) is 3.87. The van der Waals surface area contributed by atoms with Crippen molar-refractivity contribution in [2.75, 3.05) is 0 Å². The summed E-state index contributed by atoms with van der Waals surface area (Å²) in [6, 6.07) is 5.16. The molecule has 6 nitrogen and oxygen atoms in total. The zero-order valence-corrected chi connectivity index (χ0v) is 13.5. The molecule has 0 spiro atoms. The number of aromatic nitrogens is 1. The monoisotopic (exact) mass is 358 g/mol. The Labute approximate surface area is 142 Å². The van der Waals surface area contributed by atoms with Crippen LogP contribution in [0.25, 0.3) is 11.1 Å². The van der Waals surface area contributed by atoms with E-state index < -0.39 is 5.79 Å². The topological polar surface area (TPSA) is 110 Å². The molecule has 0 aliphatic carbocycles. The third kappa shape index (κ3) is 3.03. The predicted molar refractivity (Wildman–Crippen MR) is 90.4 cm³/mol. The molecule has 0 saturated carbocycles. The van der Waals surface area contributed by atoms with Crippen LogP contribution in [0.15, 0.2) is 35.6 Å². The summed E-state index contributed by atoms with van der Waals surface area (Å²) < 4.78 is 0. The van der Waals surface area contributed by atoms with Crippen LogP contribution >= 0.6 is 34.8 Å². The second-order valence-electron chi connectivity index (χ2n) is 4.50. The molecule has 0 saturated heterocycles. The number of halogens is 3. The van der Waals surface area contributed by atoms with Gasteiger partial charge in [0.25, 0.3) is 0 Å². The standard InChI is InChI=1S/C13H10Cl3N5.H3N/c14-9-1-7(4-18-5-9)12-10(15)2-8(3-11(12)16)13(17)19-6-20-21-13;/h1-6,21H,17H2,(H,19,20);1H3. The highest BCUT2D eigenvalue weighted by Crippen LogP contribution is 2.38. The van der Waals surface area contributed by atoms with Crippen molar-refractivity contribution >= 4 is 41.1 Å². The van der Waals surface area contributed by atoms with Gasteiger partial charge >= 0.3 is 0 Å². The fraction of sp³-hybridized carbons (Fsp3) is 0.0769. The smallest absolute Gasteiger partial charge is 0.206 e. The molecular formula is C13H13Cl3N6. The first-order valence-corrected chi connectivity index (χ1v) is 7.09. The van der Waals surface area contributed by atoms with Gasteiger partial charge in [-0.3, -0.25) is 10.7 Å². The highest BCUT2D eigenvalue weighted by atomic mass is 35.5. The van der Waals surface area contributed by atoms with Crippen molar-refractivity contribution < 1.29 is 0 Å². The lowest BCUT2D eigenvalue weighted by atomic mass is 10.0. The predicted octanol–water partition coefficient (Wildman–Crippen LogP) is 3.08. The number of hydrogen-bond acceptors (Lipinski definition) is 6. The van der Waals surface area contributed by atoms with Gasteiger partial charge in [0.05, 0.1) is 15.1 Å². The van der Waals surface area contributed by atoms with Gasteiger partial charge in [0, 0.05) is 29.1 Å². The van der Waals surface area contributed by atoms with Crippen molar-refractivity contribution in [3.8, 4) is 11.1 Å². The number of rotatable bonds is 2. The van der Waals surface area contributed by atoms with Crippen molar-refractivity contribution in [2.45, 2.75) is 5.79 Å². The largest absolute Gasteiger partial charge is 0.344 e. The number of aliphatic imine (C=N–C) groups is 1. The van der Waals surface area contributed by atoms with E-state index in [0.717, 1.165) is 5.56 Å². The normalized spacial score (nSPS) is 19.6. The molecule has 1 aromatic heterocycles. The molecule has 1 atom stereocenters. The minimum absolute atomic E-state index is 0. The Morgan fingerprint density at radius 3 is 2.27 bits per heavy atom. The molecule has 22 heavy (non-hydrogen) atoms. The Kier molecular flexibility index (Phi) is 4.91. The van der Waals surface area contributed by atoms with Crippen LogP contribution in [0, 0.1) is 0 Å². The minimum Gasteiger partial charge on any atom is -0.344 e. The lowest BCUT2D eigenvalue weighted by Gasteiger charge is -2.22. The van der Waals surface area contributed by atoms with Crippen LogP contribution in [0.4, 0.5) is 0 Å². The lowest BCUT2D eigenvalue weighted by Crippen LogP contribution is -2.49. The Bertz CT molecular complexity index is 712. The molecule has 3 rings (SSSR count). The summed E-state index contributed by atoms with van der Waals surface area (Å²) in [5.41, 5.74) is 13.7. The van der Waals surface area contributed by atoms with Gasteiger partial charge < -0.3 is 11.6 Å². The molecule has 1 unspecified atom stereocenters. The molecule has 2 aromatic rings. The molecule has 0 radical (unpaired) electrons. The van der Waals surface area contributed by atoms with E-state index in [4.69, 9.17) is 40.5 Å². The van der Waals surface area contributed by atoms with E-state index in [0.29, 0.717) is 26.2 Å². The fourth-order valence-electron chi connectivity index (χ4n) is 2.07. The van der Waals surface area contributed by atoms with Crippen molar-refractivity contribution in [3.63, 3.8) is 0 Å². The Hall–Kier alpha value is -1.41. The minimum atomic E-state index is -1.10. The number of nitrogens with one attached hydrogen (secondary N) is 2. The zero-order valence-electron chi connectivity index (χ0n) is 11.3. The molecule has 0 amide bonds. The van der Waals surface area contributed by atoms with Gasteiger partial charge in [-0.15, -0.1) is 0 Å². The maximum absolute atomic E-state index is 6.35. The van der Waals surface area contributed by atoms with Crippen LogP contribution in [0.5, 0.6) is 0 Å². The number of nitrogens with two attached hydrogens (primary N) is 1.